The Morgan fingerprint density at radius 1 is 1.20 bits per heavy atom. The summed E-state index contributed by atoms with van der Waals surface area (Å²) in [5.41, 5.74) is 0.112. The van der Waals surface area contributed by atoms with Crippen LogP contribution in [0.2, 0.25) is 0 Å². The zero-order chi connectivity index (χ0) is 15.6. The van der Waals surface area contributed by atoms with Crippen LogP contribution in [0, 0.1) is 0 Å². The predicted molar refractivity (Wildman–Crippen MR) is 90.4 cm³/mol. The van der Waals surface area contributed by atoms with Crippen LogP contribution in [0.1, 0.15) is 39.5 Å². The number of nitrogens with zero attached hydrogens (tertiary/aromatic N) is 3. The summed E-state index contributed by atoms with van der Waals surface area (Å²) in [6.07, 6.45) is 6.79. The van der Waals surface area contributed by atoms with Gasteiger partial charge in [-0.1, -0.05) is 12.5 Å². The number of nitrogens with one attached hydrogen (secondary N) is 1. The van der Waals surface area contributed by atoms with Crippen molar-refractivity contribution < 1.29 is 0 Å². The lowest BCUT2D eigenvalue weighted by atomic mass is 10.0. The van der Waals surface area contributed by atoms with Gasteiger partial charge in [-0.15, -0.1) is 6.58 Å². The fraction of sp³-hybridized carbons (Fsp3) is 0.812. The van der Waals surface area contributed by atoms with E-state index in [1.807, 2.05) is 13.1 Å². The van der Waals surface area contributed by atoms with Gasteiger partial charge in [0.25, 0.3) is 0 Å². The minimum absolute atomic E-state index is 0.112. The summed E-state index contributed by atoms with van der Waals surface area (Å²) in [6, 6.07) is 0. The summed E-state index contributed by atoms with van der Waals surface area (Å²) in [7, 11) is 8.16. The minimum Gasteiger partial charge on any atom is -0.354 e. The molecule has 0 saturated heterocycles. The van der Waals surface area contributed by atoms with Crippen LogP contribution < -0.4 is 5.32 Å². The maximum atomic E-state index is 4.36. The maximum absolute atomic E-state index is 4.36. The number of aliphatic imine (C=N–C) groups is 1. The molecule has 0 spiro atoms. The fourth-order valence-electron chi connectivity index (χ4n) is 1.76. The van der Waals surface area contributed by atoms with Crippen molar-refractivity contribution in [3.8, 4) is 0 Å². The molecule has 4 nitrogen and oxygen atoms in total. The van der Waals surface area contributed by atoms with Crippen LogP contribution in [0.4, 0.5) is 0 Å². The molecule has 0 atom stereocenters. The summed E-state index contributed by atoms with van der Waals surface area (Å²) in [5, 5.41) is 3.46. The second-order valence-electron chi connectivity index (χ2n) is 6.17. The second-order valence-corrected chi connectivity index (χ2v) is 6.17. The topological polar surface area (TPSA) is 30.9 Å². The monoisotopic (exact) mass is 282 g/mol. The molecular formula is C16H34N4. The Kier molecular flexibility index (Phi) is 9.30. The third kappa shape index (κ3) is 7.53. The van der Waals surface area contributed by atoms with Crippen molar-refractivity contribution in [3.63, 3.8) is 0 Å². The van der Waals surface area contributed by atoms with Gasteiger partial charge in [0.15, 0.2) is 5.96 Å². The highest BCUT2D eigenvalue weighted by Gasteiger charge is 2.21. The van der Waals surface area contributed by atoms with E-state index in [4.69, 9.17) is 0 Å². The Bertz CT molecular complexity index is 295. The van der Waals surface area contributed by atoms with Crippen LogP contribution in [0.15, 0.2) is 17.6 Å². The van der Waals surface area contributed by atoms with Gasteiger partial charge in [0.05, 0.1) is 0 Å². The van der Waals surface area contributed by atoms with Gasteiger partial charge < -0.3 is 15.1 Å². The molecule has 1 N–H and O–H groups in total. The highest BCUT2D eigenvalue weighted by Crippen LogP contribution is 2.08. The zero-order valence-corrected chi connectivity index (χ0v) is 14.4. The molecule has 0 aromatic heterocycles. The maximum Gasteiger partial charge on any atom is 0.193 e. The quantitative estimate of drug-likeness (QED) is 0.305. The van der Waals surface area contributed by atoms with E-state index in [-0.39, 0.29) is 5.54 Å². The Hall–Kier alpha value is -1.03. The molecular weight excluding hydrogens is 248 g/mol. The van der Waals surface area contributed by atoms with Gasteiger partial charge >= 0.3 is 0 Å². The van der Waals surface area contributed by atoms with Gasteiger partial charge in [0.1, 0.15) is 0 Å². The summed E-state index contributed by atoms with van der Waals surface area (Å²) >= 11 is 0. The van der Waals surface area contributed by atoms with E-state index in [0.29, 0.717) is 0 Å². The molecule has 0 fully saturated rings. The van der Waals surface area contributed by atoms with Crippen LogP contribution in [0.3, 0.4) is 0 Å². The molecule has 0 aromatic carbocycles. The lowest BCUT2D eigenvalue weighted by Gasteiger charge is -2.34. The van der Waals surface area contributed by atoms with E-state index in [9.17, 15) is 0 Å². The number of allylic oxidation sites excluding steroid dienone is 1. The van der Waals surface area contributed by atoms with Crippen LogP contribution >= 0.6 is 0 Å². The van der Waals surface area contributed by atoms with E-state index in [0.717, 1.165) is 25.5 Å². The second kappa shape index (κ2) is 9.81. The highest BCUT2D eigenvalue weighted by molar-refractivity contribution is 5.79. The third-order valence-electron chi connectivity index (χ3n) is 3.86. The van der Waals surface area contributed by atoms with E-state index in [1.165, 1.54) is 19.3 Å². The summed E-state index contributed by atoms with van der Waals surface area (Å²) in [5.74, 6) is 0.976. The van der Waals surface area contributed by atoms with Gasteiger partial charge in [0, 0.05) is 32.7 Å². The Morgan fingerprint density at radius 3 is 2.35 bits per heavy atom. The molecule has 0 heterocycles. The molecule has 0 aliphatic heterocycles. The average molecular weight is 282 g/mol. The molecule has 0 aromatic rings. The largest absolute Gasteiger partial charge is 0.354 e. The summed E-state index contributed by atoms with van der Waals surface area (Å²) in [4.78, 5) is 8.79. The van der Waals surface area contributed by atoms with Crippen molar-refractivity contribution in [3.05, 3.63) is 12.7 Å². The van der Waals surface area contributed by atoms with E-state index >= 15 is 0 Å². The zero-order valence-electron chi connectivity index (χ0n) is 14.4. The number of unbranched alkanes of at least 4 members (excludes halogenated alkanes) is 3. The Morgan fingerprint density at radius 2 is 1.85 bits per heavy atom. The van der Waals surface area contributed by atoms with Crippen molar-refractivity contribution in [2.75, 3.05) is 41.3 Å². The highest BCUT2D eigenvalue weighted by atomic mass is 15.3. The van der Waals surface area contributed by atoms with E-state index in [2.05, 4.69) is 61.7 Å². The number of likely N-dealkylation sites (N-methyl/N-ethyl adjacent to an activating group) is 1. The van der Waals surface area contributed by atoms with Gasteiger partial charge in [-0.3, -0.25) is 4.99 Å². The molecule has 0 amide bonds. The number of hydrogen-bond acceptors (Lipinski definition) is 2. The van der Waals surface area contributed by atoms with Crippen LogP contribution in [0.5, 0.6) is 0 Å². The molecule has 0 bridgehead atoms. The molecule has 0 aliphatic carbocycles. The molecule has 20 heavy (non-hydrogen) atoms. The van der Waals surface area contributed by atoms with Crippen LogP contribution in [-0.4, -0.2) is 62.6 Å². The SMILES string of the molecule is C=CCCCCCN(C)C(=NC)NCC(C)(C)N(C)C. The average Bonchev–Trinajstić information content (AvgIpc) is 2.38. The van der Waals surface area contributed by atoms with Gasteiger partial charge in [0.2, 0.25) is 0 Å². The smallest absolute Gasteiger partial charge is 0.193 e. The molecule has 0 aliphatic rings. The van der Waals surface area contributed by atoms with Crippen molar-refractivity contribution in [2.45, 2.75) is 45.1 Å². The van der Waals surface area contributed by atoms with E-state index in [1.54, 1.807) is 0 Å². The van der Waals surface area contributed by atoms with Gasteiger partial charge in [-0.05, 0) is 47.2 Å². The molecule has 0 radical (unpaired) electrons. The van der Waals surface area contributed by atoms with Crippen LogP contribution in [0.25, 0.3) is 0 Å². The minimum atomic E-state index is 0.112. The molecule has 0 rings (SSSR count). The first-order valence-electron chi connectivity index (χ1n) is 7.55. The van der Waals surface area contributed by atoms with Crippen molar-refractivity contribution in [1.82, 2.24) is 15.1 Å². The standard InChI is InChI=1S/C16H34N4/c1-8-9-10-11-12-13-20(7)15(17-4)18-14-16(2,3)19(5)6/h8H,1,9-14H2,2-7H3,(H,17,18). The van der Waals surface area contributed by atoms with E-state index < -0.39 is 0 Å². The molecule has 118 valence electrons. The van der Waals surface area contributed by atoms with Crippen molar-refractivity contribution >= 4 is 5.96 Å². The van der Waals surface area contributed by atoms with Crippen molar-refractivity contribution in [2.24, 2.45) is 4.99 Å². The Balaban J connectivity index is 4.10. The third-order valence-corrected chi connectivity index (χ3v) is 3.86. The number of rotatable bonds is 9. The molecule has 4 heteroatoms. The summed E-state index contributed by atoms with van der Waals surface area (Å²) in [6.45, 7) is 10.1. The molecule has 0 saturated carbocycles. The first-order valence-corrected chi connectivity index (χ1v) is 7.55. The fourth-order valence-corrected chi connectivity index (χ4v) is 1.76. The normalized spacial score (nSPS) is 12.7. The lowest BCUT2D eigenvalue weighted by Crippen LogP contribution is -2.51. The van der Waals surface area contributed by atoms with Gasteiger partial charge in [-0.25, -0.2) is 0 Å². The van der Waals surface area contributed by atoms with Gasteiger partial charge in [-0.2, -0.15) is 0 Å². The predicted octanol–water partition coefficient (Wildman–Crippen LogP) is 2.58. The van der Waals surface area contributed by atoms with Crippen molar-refractivity contribution in [1.29, 1.82) is 0 Å². The molecule has 0 unspecified atom stereocenters. The summed E-state index contributed by atoms with van der Waals surface area (Å²) < 4.78 is 0. The Labute approximate surface area is 125 Å². The van der Waals surface area contributed by atoms with Crippen LogP contribution in [-0.2, 0) is 0 Å². The first kappa shape index (κ1) is 19.0. The first-order chi connectivity index (χ1) is 9.35. The number of guanidine groups is 1. The lowest BCUT2D eigenvalue weighted by molar-refractivity contribution is 0.196. The number of hydrogen-bond donors (Lipinski definition) is 1.